The third kappa shape index (κ3) is 8.31. The van der Waals surface area contributed by atoms with Gasteiger partial charge in [0, 0.05) is 31.5 Å². The summed E-state index contributed by atoms with van der Waals surface area (Å²) >= 11 is 0. The Bertz CT molecular complexity index is 1330. The van der Waals surface area contributed by atoms with Crippen LogP contribution >= 0.6 is 0 Å². The summed E-state index contributed by atoms with van der Waals surface area (Å²) < 4.78 is 38.9. The number of benzene rings is 2. The van der Waals surface area contributed by atoms with E-state index in [0.29, 0.717) is 22.8 Å². The number of nitrogens with one attached hydrogen (secondary N) is 2. The summed E-state index contributed by atoms with van der Waals surface area (Å²) in [4.78, 5) is 14.1. The maximum atomic E-state index is 13.3. The second-order valence-electron chi connectivity index (χ2n) is 9.37. The van der Waals surface area contributed by atoms with Crippen molar-refractivity contribution in [3.05, 3.63) is 65.2 Å². The lowest BCUT2D eigenvalue weighted by Crippen LogP contribution is -2.40. The van der Waals surface area contributed by atoms with E-state index in [2.05, 4.69) is 0 Å². The first-order chi connectivity index (χ1) is 18.5. The van der Waals surface area contributed by atoms with Crippen LogP contribution < -0.4 is 14.8 Å². The van der Waals surface area contributed by atoms with E-state index in [9.17, 15) is 13.2 Å². The highest BCUT2D eigenvalue weighted by Gasteiger charge is 2.27. The van der Waals surface area contributed by atoms with Gasteiger partial charge in [0.15, 0.2) is 5.75 Å². The van der Waals surface area contributed by atoms with E-state index in [1.807, 2.05) is 17.9 Å². The van der Waals surface area contributed by atoms with Crippen LogP contribution in [0.15, 0.2) is 48.5 Å². The Morgan fingerprint density at radius 1 is 1.18 bits per heavy atom. The Kier molecular flexibility index (Phi) is 10.1. The van der Waals surface area contributed by atoms with Gasteiger partial charge in [0.05, 0.1) is 24.7 Å². The molecule has 0 bridgehead atoms. The Hall–Kier alpha value is -3.86. The molecular formula is C28H37N5O5S. The van der Waals surface area contributed by atoms with Crippen molar-refractivity contribution in [1.82, 2.24) is 4.90 Å². The second kappa shape index (κ2) is 13.3. The highest BCUT2D eigenvalue weighted by Crippen LogP contribution is 2.29. The predicted octanol–water partition coefficient (Wildman–Crippen LogP) is 3.53. The number of piperidine rings is 1. The molecule has 0 radical (unpaired) electrons. The number of nitrogens with two attached hydrogens (primary N) is 1. The minimum absolute atomic E-state index is 0.0162. The number of hydrogen-bond donors (Lipinski definition) is 3. The van der Waals surface area contributed by atoms with Crippen molar-refractivity contribution in [3.8, 4) is 5.75 Å². The van der Waals surface area contributed by atoms with Crippen molar-refractivity contribution in [1.29, 1.82) is 10.8 Å². The molecule has 1 saturated heterocycles. The van der Waals surface area contributed by atoms with Gasteiger partial charge in [0.25, 0.3) is 0 Å². The zero-order valence-corrected chi connectivity index (χ0v) is 23.5. The van der Waals surface area contributed by atoms with E-state index in [1.54, 1.807) is 62.4 Å². The molecule has 39 heavy (non-hydrogen) atoms. The molecule has 11 heteroatoms. The van der Waals surface area contributed by atoms with Crippen molar-refractivity contribution in [2.24, 2.45) is 5.73 Å². The zero-order chi connectivity index (χ0) is 28.6. The number of anilines is 1. The summed E-state index contributed by atoms with van der Waals surface area (Å²) in [6, 6.07) is 12.2. The number of amidine groups is 2. The van der Waals surface area contributed by atoms with Gasteiger partial charge in [-0.3, -0.25) is 19.9 Å². The van der Waals surface area contributed by atoms with Crippen LogP contribution in [0.2, 0.25) is 0 Å². The van der Waals surface area contributed by atoms with Crippen molar-refractivity contribution in [2.75, 3.05) is 36.3 Å². The van der Waals surface area contributed by atoms with Gasteiger partial charge >= 0.3 is 5.97 Å². The van der Waals surface area contributed by atoms with E-state index in [-0.39, 0.29) is 25.1 Å². The summed E-state index contributed by atoms with van der Waals surface area (Å²) in [6.45, 7) is 6.85. The van der Waals surface area contributed by atoms with Crippen molar-refractivity contribution < 1.29 is 22.7 Å². The normalized spacial score (nSPS) is 14.3. The average Bonchev–Trinajstić information content (AvgIpc) is 2.88. The van der Waals surface area contributed by atoms with Gasteiger partial charge in [-0.1, -0.05) is 30.4 Å². The van der Waals surface area contributed by atoms with Crippen LogP contribution in [0.1, 0.15) is 43.4 Å². The standard InChI is InChI=1S/C28H37N5O5S/c1-4-37-27(34)19-39(35,36)33(14-6-8-22-7-5-9-23(18-22)28(30)31)24-10-11-26(20(2)17-24)38-25-12-15-32(16-13-25)21(3)29/h5-11,17-18,25,29H,4,12-16,19H2,1-3H3,(H3,30,31)/b8-6+,29-21?. The molecule has 1 heterocycles. The molecule has 3 rings (SSSR count). The molecule has 0 atom stereocenters. The molecule has 2 aromatic rings. The third-order valence-electron chi connectivity index (χ3n) is 6.38. The summed E-state index contributed by atoms with van der Waals surface area (Å²) in [5.41, 5.74) is 8.07. The minimum Gasteiger partial charge on any atom is -0.490 e. The number of esters is 1. The fraction of sp³-hybridized carbons (Fsp3) is 0.393. The van der Waals surface area contributed by atoms with Gasteiger partial charge in [-0.2, -0.15) is 0 Å². The lowest BCUT2D eigenvalue weighted by Gasteiger charge is -2.33. The van der Waals surface area contributed by atoms with Gasteiger partial charge in [0.2, 0.25) is 10.0 Å². The number of ether oxygens (including phenoxy) is 2. The second-order valence-corrected chi connectivity index (χ2v) is 11.3. The number of nitrogens with zero attached hydrogens (tertiary/aromatic N) is 2. The summed E-state index contributed by atoms with van der Waals surface area (Å²) in [5.74, 6) is -0.431. The van der Waals surface area contributed by atoms with Crippen LogP contribution in [-0.2, 0) is 19.6 Å². The molecule has 0 saturated carbocycles. The van der Waals surface area contributed by atoms with Crippen LogP contribution in [0.25, 0.3) is 6.08 Å². The smallest absolute Gasteiger partial charge is 0.323 e. The fourth-order valence-electron chi connectivity index (χ4n) is 4.31. The average molecular weight is 556 g/mol. The lowest BCUT2D eigenvalue weighted by molar-refractivity contribution is -0.139. The van der Waals surface area contributed by atoms with Crippen LogP contribution in [0.4, 0.5) is 5.69 Å². The Balaban J connectivity index is 1.82. The maximum Gasteiger partial charge on any atom is 0.323 e. The molecule has 4 N–H and O–H groups in total. The molecule has 0 spiro atoms. The van der Waals surface area contributed by atoms with Crippen LogP contribution in [0.3, 0.4) is 0 Å². The first-order valence-electron chi connectivity index (χ1n) is 12.8. The molecule has 0 aliphatic carbocycles. The van der Waals surface area contributed by atoms with Crippen molar-refractivity contribution in [3.63, 3.8) is 0 Å². The topological polar surface area (TPSA) is 150 Å². The third-order valence-corrected chi connectivity index (χ3v) is 8.01. The molecular weight excluding hydrogens is 518 g/mol. The van der Waals surface area contributed by atoms with Gasteiger partial charge in [-0.15, -0.1) is 0 Å². The number of aryl methyl sites for hydroxylation is 1. The molecule has 0 amide bonds. The molecule has 1 aliphatic rings. The number of hydrogen-bond acceptors (Lipinski definition) is 7. The summed E-state index contributed by atoms with van der Waals surface area (Å²) in [7, 11) is -4.06. The molecule has 1 aliphatic heterocycles. The number of rotatable bonds is 11. The predicted molar refractivity (Wildman–Crippen MR) is 154 cm³/mol. The number of carbonyl (C=O) groups excluding carboxylic acids is 1. The van der Waals surface area contributed by atoms with Crippen LogP contribution in [-0.4, -0.2) is 69.1 Å². The lowest BCUT2D eigenvalue weighted by atomic mass is 10.1. The molecule has 10 nitrogen and oxygen atoms in total. The number of nitrogen functional groups attached to an aromatic ring is 1. The SMILES string of the molecule is CCOC(=O)CS(=O)(=O)N(C/C=C/c1cccc(C(=N)N)c1)c1ccc(OC2CCN(C(C)=N)CC2)c(C)c1. The summed E-state index contributed by atoms with van der Waals surface area (Å²) in [6.07, 6.45) is 5.04. The van der Waals surface area contributed by atoms with E-state index in [4.69, 9.17) is 26.0 Å². The van der Waals surface area contributed by atoms with E-state index >= 15 is 0 Å². The molecule has 2 aromatic carbocycles. The number of sulfonamides is 1. The first kappa shape index (κ1) is 29.7. The van der Waals surface area contributed by atoms with E-state index < -0.39 is 21.7 Å². The van der Waals surface area contributed by atoms with Crippen LogP contribution in [0.5, 0.6) is 5.75 Å². The first-order valence-corrected chi connectivity index (χ1v) is 14.5. The zero-order valence-electron chi connectivity index (χ0n) is 22.6. The minimum atomic E-state index is -4.06. The van der Waals surface area contributed by atoms with Crippen LogP contribution in [0, 0.1) is 17.7 Å². The largest absolute Gasteiger partial charge is 0.490 e. The monoisotopic (exact) mass is 555 g/mol. The van der Waals surface area contributed by atoms with Gasteiger partial charge in [-0.05, 0) is 56.2 Å². The Morgan fingerprint density at radius 2 is 1.90 bits per heavy atom. The highest BCUT2D eigenvalue weighted by atomic mass is 32.2. The number of likely N-dealkylation sites (tertiary alicyclic amines) is 1. The van der Waals surface area contributed by atoms with E-state index in [1.165, 1.54) is 4.31 Å². The highest BCUT2D eigenvalue weighted by molar-refractivity contribution is 7.93. The van der Waals surface area contributed by atoms with E-state index in [0.717, 1.165) is 37.1 Å². The molecule has 0 unspecified atom stereocenters. The molecule has 210 valence electrons. The number of carbonyl (C=O) groups is 1. The van der Waals surface area contributed by atoms with Crippen molar-refractivity contribution in [2.45, 2.75) is 39.7 Å². The Labute approximate surface area is 230 Å². The Morgan fingerprint density at radius 3 is 2.51 bits per heavy atom. The van der Waals surface area contributed by atoms with Gasteiger partial charge < -0.3 is 20.1 Å². The molecule has 1 fully saturated rings. The molecule has 0 aromatic heterocycles. The quantitative estimate of drug-likeness (QED) is 0.218. The fourth-order valence-corrected chi connectivity index (χ4v) is 5.60. The summed E-state index contributed by atoms with van der Waals surface area (Å²) in [5, 5.41) is 15.4. The van der Waals surface area contributed by atoms with Crippen molar-refractivity contribution >= 4 is 39.4 Å². The van der Waals surface area contributed by atoms with Gasteiger partial charge in [-0.25, -0.2) is 8.42 Å². The maximum absolute atomic E-state index is 13.3. The van der Waals surface area contributed by atoms with Gasteiger partial charge in [0.1, 0.15) is 17.7 Å².